The van der Waals surface area contributed by atoms with Crippen molar-refractivity contribution in [3.05, 3.63) is 210 Å². The van der Waals surface area contributed by atoms with E-state index in [-0.39, 0.29) is 5.70 Å². The number of nitriles is 1. The van der Waals surface area contributed by atoms with Gasteiger partial charge in [-0.05, 0) is 204 Å². The molecule has 0 radical (unpaired) electrons. The van der Waals surface area contributed by atoms with Crippen LogP contribution in [0.25, 0.3) is 118 Å². The minimum absolute atomic E-state index is 0.0935. The molecule has 4 heterocycles. The molecule has 12 aromatic rings. The minimum atomic E-state index is 0.0935. The topological polar surface area (TPSA) is 74.9 Å². The Bertz CT molecular complexity index is 4330. The van der Waals surface area contributed by atoms with E-state index in [0.29, 0.717) is 32.0 Å². The van der Waals surface area contributed by atoms with E-state index in [1.807, 2.05) is 0 Å². The number of hydrogen-bond donors (Lipinski definition) is 0. The number of ether oxygens (including phenoxy) is 4. The number of thiophene rings is 2. The van der Waals surface area contributed by atoms with Gasteiger partial charge in [-0.1, -0.05) is 153 Å². The van der Waals surface area contributed by atoms with Gasteiger partial charge < -0.3 is 28.1 Å². The second-order valence-electron chi connectivity index (χ2n) is 24.9. The number of fused-ring (bicyclic) bond motifs is 9. The predicted octanol–water partition coefficient (Wildman–Crippen LogP) is 24.7. The second kappa shape index (κ2) is 29.7. The average molecular weight is 1280 g/mol. The number of rotatable bonds is 30. The molecule has 4 aromatic heterocycles. The van der Waals surface area contributed by atoms with Crippen LogP contribution >= 0.6 is 22.7 Å². The summed E-state index contributed by atoms with van der Waals surface area (Å²) < 4.78 is 30.0. The van der Waals surface area contributed by atoms with E-state index in [1.165, 1.54) is 77.0 Å². The van der Waals surface area contributed by atoms with Gasteiger partial charge in [-0.25, -0.2) is 10.1 Å². The summed E-state index contributed by atoms with van der Waals surface area (Å²) in [7, 11) is 0. The van der Waals surface area contributed by atoms with Gasteiger partial charge >= 0.3 is 0 Å². The third-order valence-electron chi connectivity index (χ3n) is 18.4. The first kappa shape index (κ1) is 63.4. The van der Waals surface area contributed by atoms with Gasteiger partial charge in [0, 0.05) is 58.0 Å². The van der Waals surface area contributed by atoms with Gasteiger partial charge in [0.05, 0.1) is 61.1 Å². The summed E-state index contributed by atoms with van der Waals surface area (Å²) in [6.45, 7) is 20.0. The van der Waals surface area contributed by atoms with Crippen LogP contribution in [-0.2, 0) is 0 Å². The van der Waals surface area contributed by atoms with Crippen LogP contribution in [0.1, 0.15) is 142 Å². The van der Waals surface area contributed by atoms with Gasteiger partial charge in [-0.3, -0.25) is 0 Å². The van der Waals surface area contributed by atoms with E-state index in [2.05, 4.69) is 230 Å². The Kier molecular flexibility index (Phi) is 20.1. The Morgan fingerprint density at radius 2 is 0.670 bits per heavy atom. The molecular formula is C84H82N4O4S2. The van der Waals surface area contributed by atoms with Gasteiger partial charge in [0.15, 0.2) is 0 Å². The average Bonchev–Trinajstić information content (AvgIpc) is 1.63. The third-order valence-corrected chi connectivity index (χ3v) is 20.8. The molecule has 474 valence electrons. The van der Waals surface area contributed by atoms with Crippen LogP contribution in [0, 0.1) is 17.9 Å². The van der Waals surface area contributed by atoms with E-state index >= 15 is 0 Å². The monoisotopic (exact) mass is 1270 g/mol. The Hall–Kier alpha value is -9.32. The van der Waals surface area contributed by atoms with E-state index in [0.717, 1.165) is 168 Å². The van der Waals surface area contributed by atoms with Crippen molar-refractivity contribution in [3.63, 3.8) is 0 Å². The standard InChI is InChI=1S/C84H82N4O4S2/c1-6-10-14-18-46-89-63-32-38-76-69(52-63)70-53-64(90-47-19-15-11-7-2)33-39-77(70)87(76)61-28-22-57(23-29-61)80-42-44-82(93-80)59-26-36-67-68-37-27-60(51-74(68)84(73(67)50-59)75(56-85)86-5)83-45-43-81(94-83)58-24-30-62(31-25-58)88-78-40-34-65(91-48-20-16-12-8-3)54-71(78)72-55-66(35-41-79(72)88)92-49-21-17-13-9-4/h22-45,50-55H,6-21,46-49H2,1-4H3. The second-order valence-corrected chi connectivity index (χ2v) is 27.1. The van der Waals surface area contributed by atoms with Gasteiger partial charge in [-0.2, -0.15) is 0 Å². The molecule has 94 heavy (non-hydrogen) atoms. The molecule has 0 saturated carbocycles. The van der Waals surface area contributed by atoms with E-state index in [9.17, 15) is 5.26 Å². The molecule has 1 aliphatic carbocycles. The largest absolute Gasteiger partial charge is 0.494 e. The summed E-state index contributed by atoms with van der Waals surface area (Å²) in [4.78, 5) is 8.37. The quantitative estimate of drug-likeness (QED) is 0.0255. The van der Waals surface area contributed by atoms with Crippen molar-refractivity contribution in [1.29, 1.82) is 5.26 Å². The smallest absolute Gasteiger partial charge is 0.270 e. The first-order valence-corrected chi connectivity index (χ1v) is 35.9. The lowest BCUT2D eigenvalue weighted by Gasteiger charge is -2.10. The fraction of sp³-hybridized carbons (Fsp3) is 0.286. The van der Waals surface area contributed by atoms with Crippen molar-refractivity contribution in [2.24, 2.45) is 0 Å². The first-order chi connectivity index (χ1) is 46.4. The lowest BCUT2D eigenvalue weighted by Crippen LogP contribution is -1.97. The van der Waals surface area contributed by atoms with Crippen LogP contribution in [0.4, 0.5) is 0 Å². The molecule has 0 saturated heterocycles. The highest BCUT2D eigenvalue weighted by atomic mass is 32.1. The maximum absolute atomic E-state index is 10.5. The SMILES string of the molecule is [C-]#[N+]C(C#N)=C1c2cc(-c3ccc(-c4ccc(-n5c6ccc(OCCCCCC)cc6c6cc(OCCCCCC)ccc65)cc4)s3)ccc2-c2ccc(-c3ccc(-c4ccc(-n5c6ccc(OCCCCCC)cc6c6cc(OCCCCCC)ccc65)cc4)s3)cc21. The third kappa shape index (κ3) is 13.4. The molecule has 0 amide bonds. The first-order valence-electron chi connectivity index (χ1n) is 34.3. The van der Waals surface area contributed by atoms with Crippen molar-refractivity contribution in [1.82, 2.24) is 9.13 Å². The Balaban J connectivity index is 0.737. The molecule has 0 aliphatic heterocycles. The summed E-state index contributed by atoms with van der Waals surface area (Å²) in [6, 6.07) is 67.9. The zero-order valence-electron chi connectivity index (χ0n) is 54.7. The summed E-state index contributed by atoms with van der Waals surface area (Å²) in [5.41, 5.74) is 15.7. The van der Waals surface area contributed by atoms with Crippen LogP contribution in [-0.4, -0.2) is 35.6 Å². The fourth-order valence-electron chi connectivity index (χ4n) is 13.4. The number of unbranched alkanes of at least 4 members (excludes halogenated alkanes) is 12. The maximum atomic E-state index is 10.5. The number of hydrogen-bond acceptors (Lipinski definition) is 7. The molecule has 0 N–H and O–H groups in total. The van der Waals surface area contributed by atoms with Crippen molar-refractivity contribution in [3.8, 4) is 93.3 Å². The molecule has 10 heteroatoms. The van der Waals surface area contributed by atoms with Crippen LogP contribution in [0.2, 0.25) is 0 Å². The van der Waals surface area contributed by atoms with Crippen molar-refractivity contribution < 1.29 is 18.9 Å². The highest BCUT2D eigenvalue weighted by Crippen LogP contribution is 2.50. The van der Waals surface area contributed by atoms with Crippen molar-refractivity contribution in [2.45, 2.75) is 130 Å². The molecule has 13 rings (SSSR count). The highest BCUT2D eigenvalue weighted by Gasteiger charge is 2.28. The molecule has 0 bridgehead atoms. The Morgan fingerprint density at radius 3 is 0.968 bits per heavy atom. The van der Waals surface area contributed by atoms with E-state index in [1.54, 1.807) is 22.7 Å². The summed E-state index contributed by atoms with van der Waals surface area (Å²) in [6.07, 6.45) is 18.6. The molecular weight excluding hydrogens is 1190 g/mol. The number of allylic oxidation sites excluding steroid dienone is 1. The van der Waals surface area contributed by atoms with Crippen LogP contribution in [0.5, 0.6) is 23.0 Å². The molecule has 0 unspecified atom stereocenters. The van der Waals surface area contributed by atoms with E-state index in [4.69, 9.17) is 25.5 Å². The summed E-state index contributed by atoms with van der Waals surface area (Å²) in [5.74, 6) is 3.58. The lowest BCUT2D eigenvalue weighted by atomic mass is 9.99. The fourth-order valence-corrected chi connectivity index (χ4v) is 15.4. The van der Waals surface area contributed by atoms with Gasteiger partial charge in [-0.15, -0.1) is 22.7 Å². The van der Waals surface area contributed by atoms with Gasteiger partial charge in [0.1, 0.15) is 23.0 Å². The number of aromatic nitrogens is 2. The molecule has 1 aliphatic rings. The summed E-state index contributed by atoms with van der Waals surface area (Å²) >= 11 is 3.49. The van der Waals surface area contributed by atoms with Crippen LogP contribution in [0.15, 0.2) is 188 Å². The Labute approximate surface area is 562 Å². The zero-order chi connectivity index (χ0) is 64.3. The number of nitrogens with zero attached hydrogens (tertiary/aromatic N) is 4. The maximum Gasteiger partial charge on any atom is 0.270 e. The molecule has 0 fully saturated rings. The minimum Gasteiger partial charge on any atom is -0.494 e. The van der Waals surface area contributed by atoms with Crippen LogP contribution < -0.4 is 18.9 Å². The van der Waals surface area contributed by atoms with Crippen molar-refractivity contribution in [2.75, 3.05) is 26.4 Å². The lowest BCUT2D eigenvalue weighted by molar-refractivity contribution is 0.305. The highest BCUT2D eigenvalue weighted by molar-refractivity contribution is 7.19. The van der Waals surface area contributed by atoms with Gasteiger partial charge in [0.2, 0.25) is 0 Å². The van der Waals surface area contributed by atoms with Crippen molar-refractivity contribution >= 4 is 71.9 Å². The molecule has 8 nitrogen and oxygen atoms in total. The predicted molar refractivity (Wildman–Crippen MR) is 395 cm³/mol. The number of benzene rings is 8. The zero-order valence-corrected chi connectivity index (χ0v) is 56.3. The van der Waals surface area contributed by atoms with E-state index < -0.39 is 0 Å². The van der Waals surface area contributed by atoms with Crippen LogP contribution in [0.3, 0.4) is 0 Å². The molecule has 8 aromatic carbocycles. The van der Waals surface area contributed by atoms with Gasteiger partial charge in [0.25, 0.3) is 5.70 Å². The normalized spacial score (nSPS) is 11.8. The molecule has 0 atom stereocenters. The summed E-state index contributed by atoms with van der Waals surface area (Å²) in [5, 5.41) is 15.1. The molecule has 0 spiro atoms. The Morgan fingerprint density at radius 1 is 0.362 bits per heavy atom.